The molecule has 4 rings (SSSR count). The molecule has 0 N–H and O–H groups in total. The molecule has 6 nitrogen and oxygen atoms in total. The summed E-state index contributed by atoms with van der Waals surface area (Å²) in [5.74, 6) is -0.678. The minimum Gasteiger partial charge on any atom is -0.463 e. The monoisotopic (exact) mass is 491 g/mol. The van der Waals surface area contributed by atoms with E-state index in [2.05, 4.69) is 4.74 Å². The molecule has 0 unspecified atom stereocenters. The highest BCUT2D eigenvalue weighted by atomic mass is 35.5. The van der Waals surface area contributed by atoms with Crippen molar-refractivity contribution in [3.8, 4) is 0 Å². The lowest BCUT2D eigenvalue weighted by atomic mass is 10.3. The van der Waals surface area contributed by atoms with E-state index in [1.54, 1.807) is 23.9 Å². The fourth-order valence-corrected chi connectivity index (χ4v) is 5.78. The molecule has 0 atom stereocenters. The predicted molar refractivity (Wildman–Crippen MR) is 121 cm³/mol. The molecule has 1 aliphatic heterocycles. The van der Waals surface area contributed by atoms with Crippen molar-refractivity contribution in [3.05, 3.63) is 74.9 Å². The Kier molecular flexibility index (Phi) is 6.57. The molecule has 1 fully saturated rings. The number of hydrogen-bond donors (Lipinski definition) is 0. The number of rotatable bonds is 6. The number of ether oxygens (including phenoxy) is 1. The van der Waals surface area contributed by atoms with Gasteiger partial charge in [-0.25, -0.2) is 4.79 Å². The first kappa shape index (κ1) is 21.8. The van der Waals surface area contributed by atoms with E-state index in [-0.39, 0.29) is 17.5 Å². The summed E-state index contributed by atoms with van der Waals surface area (Å²) in [5.41, 5.74) is 0. The summed E-state index contributed by atoms with van der Waals surface area (Å²) in [6.07, 6.45) is 1.71. The average molecular weight is 492 g/mol. The van der Waals surface area contributed by atoms with Crippen LogP contribution >= 0.6 is 46.5 Å². The molecule has 1 aromatic carbocycles. The summed E-state index contributed by atoms with van der Waals surface area (Å²) in [4.78, 5) is 39.9. The molecule has 1 saturated heterocycles. The lowest BCUT2D eigenvalue weighted by Gasteiger charge is -2.09. The zero-order valence-corrected chi connectivity index (χ0v) is 19.2. The standard InChI is InChI=1S/C21H14ClNO5S3/c1-27-20(25)16-8-4-13(28-16)11-23-19(24)17(31-21(23)26)10-15-7-9-18(30-15)29-14-5-2-12(22)3-6-14/h2-10H,11H2,1H3. The van der Waals surface area contributed by atoms with Gasteiger partial charge in [0, 0.05) is 14.8 Å². The maximum atomic E-state index is 12.7. The van der Waals surface area contributed by atoms with E-state index in [0.29, 0.717) is 15.7 Å². The Labute approximate surface area is 195 Å². The quantitative estimate of drug-likeness (QED) is 0.301. The number of furan rings is 1. The van der Waals surface area contributed by atoms with Gasteiger partial charge in [-0.05, 0) is 66.4 Å². The highest BCUT2D eigenvalue weighted by molar-refractivity contribution is 8.18. The van der Waals surface area contributed by atoms with Crippen LogP contribution in [0.15, 0.2) is 67.0 Å². The lowest BCUT2D eigenvalue weighted by molar-refractivity contribution is -0.123. The second kappa shape index (κ2) is 9.35. The van der Waals surface area contributed by atoms with Crippen molar-refractivity contribution >= 4 is 69.7 Å². The molecule has 158 valence electrons. The van der Waals surface area contributed by atoms with Crippen LogP contribution in [0.5, 0.6) is 0 Å². The first-order valence-corrected chi connectivity index (χ1v) is 11.7. The molecular weight excluding hydrogens is 478 g/mol. The smallest absolute Gasteiger partial charge is 0.373 e. The van der Waals surface area contributed by atoms with Crippen molar-refractivity contribution in [1.82, 2.24) is 4.90 Å². The summed E-state index contributed by atoms with van der Waals surface area (Å²) >= 11 is 9.92. The largest absolute Gasteiger partial charge is 0.463 e. The van der Waals surface area contributed by atoms with Crippen LogP contribution < -0.4 is 0 Å². The zero-order valence-electron chi connectivity index (χ0n) is 16.0. The number of hydrogen-bond acceptors (Lipinski definition) is 8. The van der Waals surface area contributed by atoms with E-state index in [1.165, 1.54) is 24.5 Å². The van der Waals surface area contributed by atoms with Crippen LogP contribution in [0.4, 0.5) is 4.79 Å². The van der Waals surface area contributed by atoms with Gasteiger partial charge in [-0.3, -0.25) is 14.5 Å². The second-order valence-electron chi connectivity index (χ2n) is 6.24. The highest BCUT2D eigenvalue weighted by Gasteiger charge is 2.35. The number of methoxy groups -OCH3 is 1. The number of imide groups is 1. The third kappa shape index (κ3) is 5.07. The fraction of sp³-hybridized carbons (Fsp3) is 0.0952. The van der Waals surface area contributed by atoms with Crippen LogP contribution in [0.3, 0.4) is 0 Å². The first-order chi connectivity index (χ1) is 14.9. The van der Waals surface area contributed by atoms with Crippen LogP contribution in [0, 0.1) is 0 Å². The molecule has 0 aliphatic carbocycles. The summed E-state index contributed by atoms with van der Waals surface area (Å²) in [6.45, 7) is -0.0545. The van der Waals surface area contributed by atoms with E-state index >= 15 is 0 Å². The van der Waals surface area contributed by atoms with E-state index < -0.39 is 11.9 Å². The third-order valence-electron chi connectivity index (χ3n) is 4.14. The van der Waals surface area contributed by atoms with Crippen molar-refractivity contribution < 1.29 is 23.5 Å². The number of carbonyl (C=O) groups is 3. The van der Waals surface area contributed by atoms with Gasteiger partial charge in [0.25, 0.3) is 11.1 Å². The van der Waals surface area contributed by atoms with Crippen molar-refractivity contribution in [3.63, 3.8) is 0 Å². The average Bonchev–Trinajstić information content (AvgIpc) is 3.47. The van der Waals surface area contributed by atoms with Gasteiger partial charge in [-0.1, -0.05) is 23.4 Å². The molecule has 0 bridgehead atoms. The number of benzene rings is 1. The highest BCUT2D eigenvalue weighted by Crippen LogP contribution is 2.38. The molecule has 2 amide bonds. The Morgan fingerprint density at radius 1 is 1.16 bits per heavy atom. The predicted octanol–water partition coefficient (Wildman–Crippen LogP) is 6.17. The van der Waals surface area contributed by atoms with E-state index in [9.17, 15) is 14.4 Å². The van der Waals surface area contributed by atoms with Crippen LogP contribution in [0.2, 0.25) is 5.02 Å². The minimum atomic E-state index is -0.620. The molecule has 3 heterocycles. The van der Waals surface area contributed by atoms with Gasteiger partial charge in [0.2, 0.25) is 5.76 Å². The second-order valence-corrected chi connectivity index (χ2v) is 10.2. The Morgan fingerprint density at radius 3 is 2.68 bits per heavy atom. The van der Waals surface area contributed by atoms with Crippen LogP contribution in [0.1, 0.15) is 21.2 Å². The molecule has 10 heteroatoms. The Bertz CT molecular complexity index is 1180. The van der Waals surface area contributed by atoms with Gasteiger partial charge in [0.1, 0.15) is 5.76 Å². The topological polar surface area (TPSA) is 76.8 Å². The fourth-order valence-electron chi connectivity index (χ4n) is 2.68. The maximum Gasteiger partial charge on any atom is 0.373 e. The molecule has 0 radical (unpaired) electrons. The van der Waals surface area contributed by atoms with E-state index in [4.69, 9.17) is 16.0 Å². The lowest BCUT2D eigenvalue weighted by Crippen LogP contribution is -2.27. The molecule has 31 heavy (non-hydrogen) atoms. The number of esters is 1. The number of carbonyl (C=O) groups excluding carboxylic acids is 3. The summed E-state index contributed by atoms with van der Waals surface area (Å²) in [5, 5.41) is 0.294. The Hall–Kier alpha value is -2.46. The van der Waals surface area contributed by atoms with E-state index in [0.717, 1.165) is 30.6 Å². The Balaban J connectivity index is 1.44. The first-order valence-electron chi connectivity index (χ1n) is 8.88. The SMILES string of the molecule is COC(=O)c1ccc(CN2C(=O)SC(=Cc3ccc(Sc4ccc(Cl)cc4)s3)C2=O)o1. The summed E-state index contributed by atoms with van der Waals surface area (Å²) in [7, 11) is 1.25. The number of halogens is 1. The molecule has 0 spiro atoms. The van der Waals surface area contributed by atoms with Gasteiger partial charge < -0.3 is 9.15 Å². The molecule has 3 aromatic rings. The minimum absolute atomic E-state index is 0.0179. The van der Waals surface area contributed by atoms with Gasteiger partial charge in [0.05, 0.1) is 22.8 Å². The van der Waals surface area contributed by atoms with Crippen molar-refractivity contribution in [2.75, 3.05) is 7.11 Å². The van der Waals surface area contributed by atoms with Crippen LogP contribution in [-0.4, -0.2) is 29.1 Å². The van der Waals surface area contributed by atoms with Gasteiger partial charge in [-0.2, -0.15) is 0 Å². The summed E-state index contributed by atoms with van der Waals surface area (Å²) < 4.78 is 11.0. The molecule has 1 aliphatic rings. The normalized spacial score (nSPS) is 15.2. The molecular formula is C21H14ClNO5S3. The summed E-state index contributed by atoms with van der Waals surface area (Å²) in [6, 6.07) is 14.4. The number of thioether (sulfide) groups is 1. The number of nitrogens with zero attached hydrogens (tertiary/aromatic N) is 1. The van der Waals surface area contributed by atoms with E-state index in [1.807, 2.05) is 36.4 Å². The number of thiophene rings is 1. The molecule has 0 saturated carbocycles. The van der Waals surface area contributed by atoms with Crippen LogP contribution in [-0.2, 0) is 16.1 Å². The van der Waals surface area contributed by atoms with Gasteiger partial charge >= 0.3 is 5.97 Å². The zero-order chi connectivity index (χ0) is 22.0. The van der Waals surface area contributed by atoms with Crippen molar-refractivity contribution in [1.29, 1.82) is 0 Å². The molecule has 2 aromatic heterocycles. The maximum absolute atomic E-state index is 12.7. The number of amides is 2. The van der Waals surface area contributed by atoms with Crippen molar-refractivity contribution in [2.24, 2.45) is 0 Å². The van der Waals surface area contributed by atoms with Gasteiger partial charge in [0.15, 0.2) is 0 Å². The van der Waals surface area contributed by atoms with Crippen LogP contribution in [0.25, 0.3) is 6.08 Å². The van der Waals surface area contributed by atoms with Gasteiger partial charge in [-0.15, -0.1) is 11.3 Å². The van der Waals surface area contributed by atoms with Crippen molar-refractivity contribution in [2.45, 2.75) is 15.6 Å². The third-order valence-corrected chi connectivity index (χ3v) is 7.47. The Morgan fingerprint density at radius 2 is 1.94 bits per heavy atom.